The van der Waals surface area contributed by atoms with Gasteiger partial charge in [-0.25, -0.2) is 9.97 Å². The lowest BCUT2D eigenvalue weighted by Crippen LogP contribution is -2.56. The number of piperazine rings is 1. The van der Waals surface area contributed by atoms with E-state index in [1.54, 1.807) is 6.20 Å². The summed E-state index contributed by atoms with van der Waals surface area (Å²) in [6.45, 7) is 7.22. The predicted octanol–water partition coefficient (Wildman–Crippen LogP) is 4.10. The molecule has 2 saturated heterocycles. The van der Waals surface area contributed by atoms with Gasteiger partial charge in [-0.2, -0.15) is 0 Å². The monoisotopic (exact) mass is 646 g/mol. The van der Waals surface area contributed by atoms with Crippen molar-refractivity contribution < 1.29 is 14.0 Å². The van der Waals surface area contributed by atoms with Crippen LogP contribution in [0, 0.1) is 0 Å². The zero-order chi connectivity index (χ0) is 22.6. The number of aromatic nitrogens is 3. The Morgan fingerprint density at radius 2 is 2.06 bits per heavy atom. The molecule has 1 aromatic carbocycles. The van der Waals surface area contributed by atoms with Gasteiger partial charge in [0.05, 0.1) is 38.0 Å². The van der Waals surface area contributed by atoms with E-state index >= 15 is 0 Å². The summed E-state index contributed by atoms with van der Waals surface area (Å²) in [5.74, 6) is 1.52. The Kier molecular flexibility index (Phi) is 7.83. The molecule has 2 fully saturated rings. The van der Waals surface area contributed by atoms with Crippen LogP contribution in [0.2, 0.25) is 0 Å². The van der Waals surface area contributed by atoms with E-state index in [2.05, 4.69) is 75.2 Å². The molecule has 0 saturated carbocycles. The first-order valence-corrected chi connectivity index (χ1v) is 15.6. The molecule has 12 heteroatoms. The van der Waals surface area contributed by atoms with Gasteiger partial charge < -0.3 is 28.6 Å². The number of anilines is 3. The van der Waals surface area contributed by atoms with Crippen LogP contribution < -0.4 is 15.0 Å². The van der Waals surface area contributed by atoms with Crippen molar-refractivity contribution in [3.63, 3.8) is 0 Å². The van der Waals surface area contributed by atoms with Crippen LogP contribution in [0.5, 0.6) is 5.75 Å². The van der Waals surface area contributed by atoms with E-state index < -0.39 is 0 Å². The van der Waals surface area contributed by atoms with Gasteiger partial charge in [-0.05, 0) is 50.1 Å². The first-order chi connectivity index (χ1) is 16.2. The topological polar surface area (TPSA) is 76.4 Å². The number of ether oxygens (including phenoxy) is 2. The van der Waals surface area contributed by atoms with E-state index in [9.17, 15) is 0 Å². The van der Waals surface area contributed by atoms with Gasteiger partial charge in [0.2, 0.25) is 0 Å². The van der Waals surface area contributed by atoms with E-state index in [0.717, 1.165) is 66.8 Å². The van der Waals surface area contributed by atoms with E-state index in [4.69, 9.17) is 14.0 Å². The highest BCUT2D eigenvalue weighted by molar-refractivity contribution is 14.2. The highest BCUT2D eigenvalue weighted by Gasteiger charge is 2.29. The Bertz CT molecular complexity index is 1090. The second-order valence-corrected chi connectivity index (χ2v) is 10.4. The molecular weight excluding hydrogens is 622 g/mol. The minimum absolute atomic E-state index is 0.428. The predicted molar refractivity (Wildman–Crippen MR) is 143 cm³/mol. The van der Waals surface area contributed by atoms with Gasteiger partial charge in [0.15, 0.2) is 11.5 Å². The van der Waals surface area contributed by atoms with E-state index in [-0.39, 0.29) is 0 Å². The zero-order valence-corrected chi connectivity index (χ0v) is 22.7. The third kappa shape index (κ3) is 5.54. The molecule has 4 heterocycles. The van der Waals surface area contributed by atoms with Crippen LogP contribution in [-0.2, 0) is 9.26 Å². The number of benzene rings is 1. The minimum Gasteiger partial charge on any atom is -0.489 e. The fourth-order valence-electron chi connectivity index (χ4n) is 4.08. The first kappa shape index (κ1) is 23.5. The lowest BCUT2D eigenvalue weighted by molar-refractivity contribution is -0.0660. The van der Waals surface area contributed by atoms with Crippen molar-refractivity contribution >= 4 is 67.3 Å². The van der Waals surface area contributed by atoms with Crippen molar-refractivity contribution in [3.8, 4) is 5.75 Å². The Balaban J connectivity index is 1.35. The smallest absolute Gasteiger partial charge is 0.180 e. The average molecular weight is 647 g/mol. The van der Waals surface area contributed by atoms with E-state index in [0.29, 0.717) is 31.5 Å². The highest BCUT2D eigenvalue weighted by atomic mass is 127. The molecule has 1 unspecified atom stereocenters. The van der Waals surface area contributed by atoms with Crippen LogP contribution in [0.1, 0.15) is 0 Å². The third-order valence-corrected chi connectivity index (χ3v) is 7.49. The number of rotatable bonds is 9. The van der Waals surface area contributed by atoms with Crippen LogP contribution >= 0.6 is 44.4 Å². The quantitative estimate of drug-likeness (QED) is 0.212. The fraction of sp³-hybridized carbons (Fsp3) is 0.429. The van der Waals surface area contributed by atoms with Crippen molar-refractivity contribution in [2.75, 3.05) is 62.8 Å². The zero-order valence-electron chi connectivity index (χ0n) is 17.9. The standard InChI is InChI=1S/C21H25BrIN6O3P/c22-19-12-29-4-3-24-21(29)20(26-19)25-15-1-2-17(18(11-15)31-9-10-32-33-23)28-7-5-27(6-8-28)16-13-30-14-16/h1-4,11-12,16,33H,5-10,13-14H2,(H,25,26). The summed E-state index contributed by atoms with van der Waals surface area (Å²) >= 11 is 5.70. The maximum atomic E-state index is 6.18. The molecule has 9 nitrogen and oxygen atoms in total. The van der Waals surface area contributed by atoms with Gasteiger partial charge in [-0.3, -0.25) is 4.90 Å². The molecule has 0 aliphatic carbocycles. The van der Waals surface area contributed by atoms with E-state index in [1.807, 2.05) is 22.9 Å². The number of fused-ring (bicyclic) bond motifs is 1. The summed E-state index contributed by atoms with van der Waals surface area (Å²) in [7, 11) is 0. The SMILES string of the molecule is Brc1cn2ccnc2c(Nc2ccc(N3CCN(C4COC4)CC3)c(OCCOPI)c2)n1. The van der Waals surface area contributed by atoms with Crippen molar-refractivity contribution in [3.05, 3.63) is 41.4 Å². The van der Waals surface area contributed by atoms with Crippen LogP contribution in [0.4, 0.5) is 17.2 Å². The van der Waals surface area contributed by atoms with Gasteiger partial charge in [-0.1, -0.05) is 0 Å². The second-order valence-electron chi connectivity index (χ2n) is 7.87. The van der Waals surface area contributed by atoms with Crippen LogP contribution in [-0.4, -0.2) is 77.9 Å². The molecule has 1 N–H and O–H groups in total. The Labute approximate surface area is 215 Å². The molecule has 5 rings (SSSR count). The normalized spacial score (nSPS) is 17.7. The summed E-state index contributed by atoms with van der Waals surface area (Å²) in [5.41, 5.74) is 2.76. The Hall–Kier alpha value is -1.24. The minimum atomic E-state index is 0.428. The largest absolute Gasteiger partial charge is 0.489 e. The number of nitrogens with one attached hydrogen (secondary N) is 1. The molecule has 33 heavy (non-hydrogen) atoms. The number of hydrogen-bond donors (Lipinski definition) is 1. The molecule has 2 aromatic heterocycles. The lowest BCUT2D eigenvalue weighted by Gasteiger charge is -2.43. The molecule has 0 radical (unpaired) electrons. The summed E-state index contributed by atoms with van der Waals surface area (Å²) in [6, 6.07) is 6.81. The average Bonchev–Trinajstić information content (AvgIpc) is 3.25. The highest BCUT2D eigenvalue weighted by Crippen LogP contribution is 2.34. The molecule has 0 bridgehead atoms. The summed E-state index contributed by atoms with van der Waals surface area (Å²) in [4.78, 5) is 13.9. The van der Waals surface area contributed by atoms with Crippen molar-refractivity contribution in [1.82, 2.24) is 19.3 Å². The molecule has 0 amide bonds. The van der Waals surface area contributed by atoms with Gasteiger partial charge in [0, 0.05) is 56.5 Å². The van der Waals surface area contributed by atoms with Crippen molar-refractivity contribution in [2.45, 2.75) is 6.04 Å². The molecule has 3 aromatic rings. The third-order valence-electron chi connectivity index (χ3n) is 5.86. The Morgan fingerprint density at radius 1 is 1.21 bits per heavy atom. The number of hydrogen-bond acceptors (Lipinski definition) is 8. The van der Waals surface area contributed by atoms with Crippen LogP contribution in [0.25, 0.3) is 5.65 Å². The maximum absolute atomic E-state index is 6.18. The van der Waals surface area contributed by atoms with Crippen LogP contribution in [0.3, 0.4) is 0 Å². The number of imidazole rings is 1. The number of nitrogens with zero attached hydrogens (tertiary/aromatic N) is 5. The first-order valence-electron chi connectivity index (χ1n) is 10.8. The number of halogens is 2. The molecule has 0 spiro atoms. The molecule has 2 aliphatic rings. The molecule has 2 aliphatic heterocycles. The Morgan fingerprint density at radius 3 is 2.82 bits per heavy atom. The second kappa shape index (κ2) is 11.0. The van der Waals surface area contributed by atoms with Gasteiger partial charge in [0.25, 0.3) is 0 Å². The summed E-state index contributed by atoms with van der Waals surface area (Å²) in [6.07, 6.45) is 5.54. The van der Waals surface area contributed by atoms with Crippen molar-refractivity contribution in [2.24, 2.45) is 0 Å². The summed E-state index contributed by atoms with van der Waals surface area (Å²) < 4.78 is 19.7. The molecule has 1 atom stereocenters. The van der Waals surface area contributed by atoms with E-state index in [1.165, 1.54) is 0 Å². The fourth-order valence-corrected chi connectivity index (χ4v) is 5.30. The maximum Gasteiger partial charge on any atom is 0.180 e. The summed E-state index contributed by atoms with van der Waals surface area (Å²) in [5, 5.41) is 3.41. The molecular formula is C21H25BrIN6O3P. The van der Waals surface area contributed by atoms with Gasteiger partial charge in [-0.15, -0.1) is 0 Å². The molecule has 176 valence electrons. The van der Waals surface area contributed by atoms with Crippen molar-refractivity contribution in [1.29, 1.82) is 0 Å². The van der Waals surface area contributed by atoms with Gasteiger partial charge >= 0.3 is 0 Å². The van der Waals surface area contributed by atoms with Crippen LogP contribution in [0.15, 0.2) is 41.4 Å². The lowest BCUT2D eigenvalue weighted by atomic mass is 10.1. The van der Waals surface area contributed by atoms with Gasteiger partial charge in [0.1, 0.15) is 17.0 Å².